The van der Waals surface area contributed by atoms with Crippen LogP contribution in [0.3, 0.4) is 0 Å². The van der Waals surface area contributed by atoms with Gasteiger partial charge in [-0.2, -0.15) is 0 Å². The number of para-hydroxylation sites is 1. The number of halogens is 1. The number of amides is 1. The van der Waals surface area contributed by atoms with Gasteiger partial charge in [-0.15, -0.1) is 0 Å². The van der Waals surface area contributed by atoms with Crippen LogP contribution in [-0.2, 0) is 35.6 Å². The van der Waals surface area contributed by atoms with Gasteiger partial charge in [-0.1, -0.05) is 60.7 Å². The molecule has 0 bridgehead atoms. The molecule has 0 spiro atoms. The first kappa shape index (κ1) is 23.6. The van der Waals surface area contributed by atoms with Crippen LogP contribution < -0.4 is 5.32 Å². The van der Waals surface area contributed by atoms with Crippen molar-refractivity contribution in [1.29, 1.82) is 0 Å². The number of nitrogens with one attached hydrogen (secondary N) is 1. The van der Waals surface area contributed by atoms with E-state index in [0.717, 1.165) is 47.2 Å². The van der Waals surface area contributed by atoms with Crippen molar-refractivity contribution in [2.45, 2.75) is 26.1 Å². The maximum absolute atomic E-state index is 13.3. The number of benzene rings is 3. The second kappa shape index (κ2) is 10.7. The smallest absolute Gasteiger partial charge is 0.339 e. The maximum Gasteiger partial charge on any atom is 0.339 e. The van der Waals surface area contributed by atoms with Gasteiger partial charge in [0.25, 0.3) is 5.91 Å². The molecule has 1 amide bonds. The Kier molecular flexibility index (Phi) is 7.00. The number of ether oxygens (including phenoxy) is 1. The van der Waals surface area contributed by atoms with Gasteiger partial charge in [0.2, 0.25) is 0 Å². The molecule has 0 atom stereocenters. The van der Waals surface area contributed by atoms with Crippen LogP contribution >= 0.6 is 0 Å². The standard InChI is InChI=1S/C29H26FN3O3/c30-22-12-10-20(11-13-22)16-31-27(34)19-36-29(35)28-23-8-4-5-9-25(23)32-26-14-15-33(18-24(26)28)17-21-6-2-1-3-7-21/h1-13H,14-19H2,(H,31,34). The van der Waals surface area contributed by atoms with Crippen LogP contribution in [0.1, 0.15) is 32.7 Å². The Morgan fingerprint density at radius 2 is 1.69 bits per heavy atom. The second-order valence-electron chi connectivity index (χ2n) is 8.85. The van der Waals surface area contributed by atoms with Crippen LogP contribution in [0.4, 0.5) is 4.39 Å². The van der Waals surface area contributed by atoms with E-state index in [0.29, 0.717) is 12.1 Å². The summed E-state index contributed by atoms with van der Waals surface area (Å²) in [7, 11) is 0. The van der Waals surface area contributed by atoms with Gasteiger partial charge in [-0.25, -0.2) is 9.18 Å². The molecule has 182 valence electrons. The predicted octanol–water partition coefficient (Wildman–Crippen LogP) is 4.41. The summed E-state index contributed by atoms with van der Waals surface area (Å²) in [5, 5.41) is 3.42. The zero-order valence-corrected chi connectivity index (χ0v) is 19.7. The monoisotopic (exact) mass is 483 g/mol. The van der Waals surface area contributed by atoms with Crippen molar-refractivity contribution in [1.82, 2.24) is 15.2 Å². The Bertz CT molecular complexity index is 1390. The number of pyridine rings is 1. The molecule has 1 aromatic heterocycles. The lowest BCUT2D eigenvalue weighted by atomic mass is 9.95. The van der Waals surface area contributed by atoms with Gasteiger partial charge in [-0.05, 0) is 29.3 Å². The van der Waals surface area contributed by atoms with Crippen LogP contribution in [-0.4, -0.2) is 34.9 Å². The minimum atomic E-state index is -0.539. The van der Waals surface area contributed by atoms with E-state index in [-0.39, 0.29) is 12.4 Å². The Hall–Kier alpha value is -4.10. The zero-order chi connectivity index (χ0) is 24.9. The maximum atomic E-state index is 13.3. The molecule has 4 aromatic rings. The van der Waals surface area contributed by atoms with Crippen molar-refractivity contribution in [2.24, 2.45) is 0 Å². The second-order valence-corrected chi connectivity index (χ2v) is 8.85. The minimum absolute atomic E-state index is 0.221. The molecule has 36 heavy (non-hydrogen) atoms. The Balaban J connectivity index is 1.32. The fraction of sp³-hybridized carbons (Fsp3) is 0.207. The lowest BCUT2D eigenvalue weighted by Crippen LogP contribution is -2.33. The first-order valence-corrected chi connectivity index (χ1v) is 11.9. The third-order valence-corrected chi connectivity index (χ3v) is 6.32. The van der Waals surface area contributed by atoms with Crippen molar-refractivity contribution in [3.8, 4) is 0 Å². The van der Waals surface area contributed by atoms with Crippen molar-refractivity contribution < 1.29 is 18.7 Å². The lowest BCUT2D eigenvalue weighted by molar-refractivity contribution is -0.124. The van der Waals surface area contributed by atoms with E-state index in [9.17, 15) is 14.0 Å². The molecule has 5 rings (SSSR count). The fourth-order valence-electron chi connectivity index (χ4n) is 4.51. The molecule has 3 aromatic carbocycles. The highest BCUT2D eigenvalue weighted by Gasteiger charge is 2.27. The fourth-order valence-corrected chi connectivity index (χ4v) is 4.51. The van der Waals surface area contributed by atoms with E-state index in [1.165, 1.54) is 17.7 Å². The topological polar surface area (TPSA) is 71.5 Å². The number of aromatic nitrogens is 1. The molecule has 1 aliphatic heterocycles. The summed E-state index contributed by atoms with van der Waals surface area (Å²) < 4.78 is 18.5. The molecular formula is C29H26FN3O3. The summed E-state index contributed by atoms with van der Waals surface area (Å²) in [6.07, 6.45) is 0.728. The minimum Gasteiger partial charge on any atom is -0.452 e. The van der Waals surface area contributed by atoms with Gasteiger partial charge < -0.3 is 10.1 Å². The number of nitrogens with zero attached hydrogens (tertiary/aromatic N) is 2. The number of esters is 1. The molecule has 0 radical (unpaired) electrons. The molecule has 2 heterocycles. The van der Waals surface area contributed by atoms with Crippen molar-refractivity contribution >= 4 is 22.8 Å². The van der Waals surface area contributed by atoms with Crippen LogP contribution in [0, 0.1) is 5.82 Å². The predicted molar refractivity (Wildman–Crippen MR) is 135 cm³/mol. The van der Waals surface area contributed by atoms with Crippen LogP contribution in [0.15, 0.2) is 78.9 Å². The quantitative estimate of drug-likeness (QED) is 0.395. The normalized spacial score (nSPS) is 13.2. The van der Waals surface area contributed by atoms with Gasteiger partial charge in [0.1, 0.15) is 5.82 Å². The molecule has 0 fully saturated rings. The average Bonchev–Trinajstić information content (AvgIpc) is 2.90. The molecule has 0 unspecified atom stereocenters. The summed E-state index contributed by atoms with van der Waals surface area (Å²) in [6.45, 7) is 2.00. The molecule has 1 aliphatic rings. The van der Waals surface area contributed by atoms with Crippen LogP contribution in [0.5, 0.6) is 0 Å². The van der Waals surface area contributed by atoms with Gasteiger partial charge >= 0.3 is 5.97 Å². The zero-order valence-electron chi connectivity index (χ0n) is 19.7. The number of hydrogen-bond acceptors (Lipinski definition) is 5. The summed E-state index contributed by atoms with van der Waals surface area (Å²) in [4.78, 5) is 32.8. The highest BCUT2D eigenvalue weighted by Crippen LogP contribution is 2.29. The van der Waals surface area contributed by atoms with E-state index < -0.39 is 18.5 Å². The Morgan fingerprint density at radius 1 is 0.944 bits per heavy atom. The van der Waals surface area contributed by atoms with Crippen LogP contribution in [0.25, 0.3) is 10.9 Å². The first-order chi connectivity index (χ1) is 17.6. The Morgan fingerprint density at radius 3 is 2.50 bits per heavy atom. The van der Waals surface area contributed by atoms with Crippen molar-refractivity contribution in [2.75, 3.05) is 13.2 Å². The molecule has 6 nitrogen and oxygen atoms in total. The Labute approximate surface area is 208 Å². The molecular weight excluding hydrogens is 457 g/mol. The van der Waals surface area contributed by atoms with Gasteiger partial charge in [0.15, 0.2) is 6.61 Å². The van der Waals surface area contributed by atoms with Crippen LogP contribution in [0.2, 0.25) is 0 Å². The molecule has 0 saturated heterocycles. The van der Waals surface area contributed by atoms with E-state index >= 15 is 0 Å². The van der Waals surface area contributed by atoms with Crippen molar-refractivity contribution in [3.63, 3.8) is 0 Å². The van der Waals surface area contributed by atoms with E-state index in [1.54, 1.807) is 12.1 Å². The van der Waals surface area contributed by atoms with Crippen molar-refractivity contribution in [3.05, 3.63) is 113 Å². The summed E-state index contributed by atoms with van der Waals surface area (Å²) in [6, 6.07) is 23.6. The molecule has 0 aliphatic carbocycles. The number of rotatable bonds is 7. The lowest BCUT2D eigenvalue weighted by Gasteiger charge is -2.30. The first-order valence-electron chi connectivity index (χ1n) is 11.9. The van der Waals surface area contributed by atoms with Gasteiger partial charge in [0.05, 0.1) is 11.1 Å². The third-order valence-electron chi connectivity index (χ3n) is 6.32. The summed E-state index contributed by atoms with van der Waals surface area (Å²) >= 11 is 0. The number of hydrogen-bond donors (Lipinski definition) is 1. The largest absolute Gasteiger partial charge is 0.452 e. The SMILES string of the molecule is O=C(COC(=O)c1c2c(nc3ccccc13)CCN(Cc1ccccc1)C2)NCc1ccc(F)cc1. The van der Waals surface area contributed by atoms with E-state index in [1.807, 2.05) is 42.5 Å². The van der Waals surface area contributed by atoms with Gasteiger partial charge in [0, 0.05) is 49.2 Å². The van der Waals surface area contributed by atoms with Gasteiger partial charge in [-0.3, -0.25) is 14.7 Å². The van der Waals surface area contributed by atoms with E-state index in [2.05, 4.69) is 22.3 Å². The molecule has 0 saturated carbocycles. The third kappa shape index (κ3) is 5.42. The highest BCUT2D eigenvalue weighted by atomic mass is 19.1. The molecule has 7 heteroatoms. The van der Waals surface area contributed by atoms with E-state index in [4.69, 9.17) is 9.72 Å². The molecule has 1 N–H and O–H groups in total. The summed E-state index contributed by atoms with van der Waals surface area (Å²) in [5.41, 5.74) is 4.92. The number of carbonyl (C=O) groups excluding carboxylic acids is 2. The average molecular weight is 484 g/mol. The number of carbonyl (C=O) groups is 2. The number of fused-ring (bicyclic) bond motifs is 2. The summed E-state index contributed by atoms with van der Waals surface area (Å²) in [5.74, 6) is -1.30. The highest BCUT2D eigenvalue weighted by molar-refractivity contribution is 6.05.